The summed E-state index contributed by atoms with van der Waals surface area (Å²) in [4.78, 5) is 1.11. The summed E-state index contributed by atoms with van der Waals surface area (Å²) in [7, 11) is 0. The zero-order valence-corrected chi connectivity index (χ0v) is 11.8. The molecular weight excluding hydrogens is 280 g/mol. The zero-order chi connectivity index (χ0) is 13.5. The Bertz CT molecular complexity index is 595. The molecule has 0 unspecified atom stereocenters. The maximum atomic E-state index is 8.62. The van der Waals surface area contributed by atoms with E-state index in [1.54, 1.807) is 11.3 Å². The molecule has 0 bridgehead atoms. The van der Waals surface area contributed by atoms with Crippen molar-refractivity contribution in [2.24, 2.45) is 0 Å². The van der Waals surface area contributed by atoms with Gasteiger partial charge < -0.3 is 9.84 Å². The first-order valence-corrected chi connectivity index (χ1v) is 7.03. The summed E-state index contributed by atoms with van der Waals surface area (Å²) < 4.78 is 5.63. The lowest BCUT2D eigenvalue weighted by Gasteiger charge is -2.04. The molecule has 2 rings (SSSR count). The number of halogens is 1. The molecule has 2 nitrogen and oxygen atoms in total. The first kappa shape index (κ1) is 14.1. The van der Waals surface area contributed by atoms with Crippen molar-refractivity contribution in [3.05, 3.63) is 56.7 Å². The normalized spacial score (nSPS) is 10.0. The van der Waals surface area contributed by atoms with Gasteiger partial charge in [0, 0.05) is 20.8 Å². The van der Waals surface area contributed by atoms with Gasteiger partial charge in [0.25, 0.3) is 0 Å². The lowest BCUT2D eigenvalue weighted by atomic mass is 10.2. The number of aliphatic hydroxyl groups excluding tert-OH is 1. The van der Waals surface area contributed by atoms with Crippen LogP contribution in [0.1, 0.15) is 16.0 Å². The lowest BCUT2D eigenvalue weighted by Crippen LogP contribution is -1.93. The van der Waals surface area contributed by atoms with E-state index in [-0.39, 0.29) is 6.61 Å². The van der Waals surface area contributed by atoms with Crippen LogP contribution in [0.5, 0.6) is 0 Å². The molecule has 4 heteroatoms. The van der Waals surface area contributed by atoms with Gasteiger partial charge in [0.05, 0.1) is 13.2 Å². The van der Waals surface area contributed by atoms with Gasteiger partial charge >= 0.3 is 0 Å². The van der Waals surface area contributed by atoms with E-state index in [1.165, 1.54) is 0 Å². The molecule has 1 aromatic carbocycles. The summed E-state index contributed by atoms with van der Waals surface area (Å²) in [5.74, 6) is 5.49. The van der Waals surface area contributed by atoms with Crippen LogP contribution in [0.3, 0.4) is 0 Å². The van der Waals surface area contributed by atoms with Crippen LogP contribution in [0.15, 0.2) is 35.7 Å². The monoisotopic (exact) mass is 292 g/mol. The Balaban J connectivity index is 1.86. The molecular formula is C15H13ClO2S. The molecule has 0 aliphatic carbocycles. The first-order chi connectivity index (χ1) is 9.29. The van der Waals surface area contributed by atoms with Crippen molar-refractivity contribution in [1.82, 2.24) is 0 Å². The number of hydrogen-bond donors (Lipinski definition) is 1. The Morgan fingerprint density at radius 2 is 2.11 bits per heavy atom. The fourth-order valence-corrected chi connectivity index (χ4v) is 2.48. The predicted octanol–water partition coefficient (Wildman–Crippen LogP) is 3.46. The molecule has 0 aliphatic rings. The summed E-state index contributed by atoms with van der Waals surface area (Å²) in [5, 5.41) is 11.3. The Morgan fingerprint density at radius 1 is 1.26 bits per heavy atom. The third-order valence-corrected chi connectivity index (χ3v) is 3.70. The minimum Gasteiger partial charge on any atom is -0.384 e. The van der Waals surface area contributed by atoms with Crippen LogP contribution in [0, 0.1) is 11.8 Å². The van der Waals surface area contributed by atoms with Crippen molar-refractivity contribution in [3.63, 3.8) is 0 Å². The van der Waals surface area contributed by atoms with Gasteiger partial charge in [-0.25, -0.2) is 0 Å². The van der Waals surface area contributed by atoms with Gasteiger partial charge in [-0.1, -0.05) is 41.6 Å². The van der Waals surface area contributed by atoms with Gasteiger partial charge in [0.2, 0.25) is 0 Å². The van der Waals surface area contributed by atoms with Crippen LogP contribution in [-0.4, -0.2) is 11.7 Å². The highest BCUT2D eigenvalue weighted by molar-refractivity contribution is 7.10. The Labute approximate surface area is 121 Å². The van der Waals surface area contributed by atoms with Crippen molar-refractivity contribution in [3.8, 4) is 11.8 Å². The second kappa shape index (κ2) is 7.32. The molecule has 1 N–H and O–H groups in total. The molecule has 0 fully saturated rings. The minimum atomic E-state index is -0.117. The van der Waals surface area contributed by atoms with Gasteiger partial charge in [-0.05, 0) is 17.7 Å². The van der Waals surface area contributed by atoms with Crippen molar-refractivity contribution < 1.29 is 9.84 Å². The molecule has 1 heterocycles. The zero-order valence-electron chi connectivity index (χ0n) is 10.2. The highest BCUT2D eigenvalue weighted by Crippen LogP contribution is 2.18. The van der Waals surface area contributed by atoms with Crippen LogP contribution in [0.2, 0.25) is 5.02 Å². The topological polar surface area (TPSA) is 29.5 Å². The van der Waals surface area contributed by atoms with Crippen molar-refractivity contribution in [2.45, 2.75) is 13.2 Å². The fourth-order valence-electron chi connectivity index (χ4n) is 1.54. The molecule has 0 aliphatic heterocycles. The largest absolute Gasteiger partial charge is 0.384 e. The van der Waals surface area contributed by atoms with Crippen molar-refractivity contribution in [2.75, 3.05) is 6.61 Å². The lowest BCUT2D eigenvalue weighted by molar-refractivity contribution is 0.109. The van der Waals surface area contributed by atoms with Gasteiger partial charge in [-0.2, -0.15) is 0 Å². The molecule has 0 saturated carbocycles. The maximum Gasteiger partial charge on any atom is 0.104 e. The Kier molecular flexibility index (Phi) is 5.44. The van der Waals surface area contributed by atoms with Crippen LogP contribution in [0.25, 0.3) is 0 Å². The van der Waals surface area contributed by atoms with Crippen LogP contribution in [-0.2, 0) is 18.0 Å². The third kappa shape index (κ3) is 4.38. The number of thiophene rings is 1. The predicted molar refractivity (Wildman–Crippen MR) is 78.2 cm³/mol. The molecule has 0 radical (unpaired) electrons. The van der Waals surface area contributed by atoms with E-state index >= 15 is 0 Å². The first-order valence-electron chi connectivity index (χ1n) is 5.78. The highest BCUT2D eigenvalue weighted by atomic mass is 35.5. The molecule has 1 aromatic heterocycles. The van der Waals surface area contributed by atoms with Crippen LogP contribution >= 0.6 is 22.9 Å². The van der Waals surface area contributed by atoms with E-state index in [2.05, 4.69) is 11.8 Å². The van der Waals surface area contributed by atoms with E-state index in [0.29, 0.717) is 13.2 Å². The quantitative estimate of drug-likeness (QED) is 0.875. The van der Waals surface area contributed by atoms with Crippen molar-refractivity contribution >= 4 is 22.9 Å². The number of rotatable bonds is 4. The molecule has 19 heavy (non-hydrogen) atoms. The number of aliphatic hydroxyl groups is 1. The van der Waals surface area contributed by atoms with E-state index in [1.807, 2.05) is 35.7 Å². The van der Waals surface area contributed by atoms with Gasteiger partial charge in [-0.15, -0.1) is 11.3 Å². The second-order valence-electron chi connectivity index (χ2n) is 3.85. The summed E-state index contributed by atoms with van der Waals surface area (Å²) in [6.45, 7) is 0.917. The van der Waals surface area contributed by atoms with E-state index in [4.69, 9.17) is 21.4 Å². The molecule has 0 amide bonds. The summed E-state index contributed by atoms with van der Waals surface area (Å²) >= 11 is 7.65. The molecule has 0 spiro atoms. The number of hydrogen-bond acceptors (Lipinski definition) is 3. The third-order valence-electron chi connectivity index (χ3n) is 2.43. The molecule has 98 valence electrons. The molecule has 0 saturated heterocycles. The van der Waals surface area contributed by atoms with E-state index < -0.39 is 0 Å². The van der Waals surface area contributed by atoms with Crippen molar-refractivity contribution in [1.29, 1.82) is 0 Å². The Hall–Kier alpha value is -1.31. The SMILES string of the molecule is OCC#Cc1csc(COCc2ccccc2Cl)c1. The van der Waals surface area contributed by atoms with Crippen LogP contribution < -0.4 is 0 Å². The minimum absolute atomic E-state index is 0.117. The van der Waals surface area contributed by atoms with Gasteiger partial charge in [-0.3, -0.25) is 0 Å². The number of benzene rings is 1. The molecule has 2 aromatic rings. The van der Waals surface area contributed by atoms with E-state index in [9.17, 15) is 0 Å². The van der Waals surface area contributed by atoms with Crippen LogP contribution in [0.4, 0.5) is 0 Å². The van der Waals surface area contributed by atoms with Gasteiger partial charge in [0.15, 0.2) is 0 Å². The Morgan fingerprint density at radius 3 is 2.89 bits per heavy atom. The second-order valence-corrected chi connectivity index (χ2v) is 5.25. The standard InChI is InChI=1S/C15H13ClO2S/c16-15-6-2-1-5-13(15)9-18-10-14-8-12(11-19-14)4-3-7-17/h1-2,5-6,8,11,17H,7,9-10H2. The van der Waals surface area contributed by atoms with E-state index in [0.717, 1.165) is 21.0 Å². The smallest absolute Gasteiger partial charge is 0.104 e. The highest BCUT2D eigenvalue weighted by Gasteiger charge is 2.01. The maximum absolute atomic E-state index is 8.62. The molecule has 0 atom stereocenters. The fraction of sp³-hybridized carbons (Fsp3) is 0.200. The average Bonchev–Trinajstić information content (AvgIpc) is 2.86. The summed E-state index contributed by atoms with van der Waals surface area (Å²) in [6.07, 6.45) is 0. The number of ether oxygens (including phenoxy) is 1. The van der Waals surface area contributed by atoms with Gasteiger partial charge in [0.1, 0.15) is 6.61 Å². The summed E-state index contributed by atoms with van der Waals surface area (Å²) in [6, 6.07) is 9.62. The average molecular weight is 293 g/mol. The summed E-state index contributed by atoms with van der Waals surface area (Å²) in [5.41, 5.74) is 1.90.